The van der Waals surface area contributed by atoms with Crippen molar-refractivity contribution < 1.29 is 4.92 Å². The standard InChI is InChI=1S/C23H23N3O2/c27-26(28)23-12-10-22(11-13-23)25-16-14-24(15-17-25)18-19-6-8-21(9-7-19)20-4-2-1-3-5-20/h1-13H,14-18H2. The van der Waals surface area contributed by atoms with Crippen molar-refractivity contribution in [2.24, 2.45) is 0 Å². The molecular formula is C23H23N3O2. The van der Waals surface area contributed by atoms with Crippen LogP contribution in [0.5, 0.6) is 0 Å². The Balaban J connectivity index is 1.32. The molecule has 0 atom stereocenters. The van der Waals surface area contributed by atoms with Gasteiger partial charge in [0.15, 0.2) is 0 Å². The van der Waals surface area contributed by atoms with E-state index in [2.05, 4.69) is 58.3 Å². The van der Waals surface area contributed by atoms with Crippen LogP contribution in [0.3, 0.4) is 0 Å². The molecule has 1 aliphatic heterocycles. The fourth-order valence-electron chi connectivity index (χ4n) is 3.64. The molecule has 0 spiro atoms. The van der Waals surface area contributed by atoms with E-state index in [0.717, 1.165) is 38.4 Å². The van der Waals surface area contributed by atoms with Gasteiger partial charge in [-0.3, -0.25) is 15.0 Å². The fourth-order valence-corrected chi connectivity index (χ4v) is 3.64. The maximum Gasteiger partial charge on any atom is 0.269 e. The van der Waals surface area contributed by atoms with Gasteiger partial charge in [-0.25, -0.2) is 0 Å². The second kappa shape index (κ2) is 8.23. The monoisotopic (exact) mass is 373 g/mol. The largest absolute Gasteiger partial charge is 0.369 e. The normalized spacial score (nSPS) is 14.8. The summed E-state index contributed by atoms with van der Waals surface area (Å²) in [5.74, 6) is 0. The second-order valence-corrected chi connectivity index (χ2v) is 7.10. The summed E-state index contributed by atoms with van der Waals surface area (Å²) in [6.45, 7) is 4.78. The highest BCUT2D eigenvalue weighted by Gasteiger charge is 2.18. The van der Waals surface area contributed by atoms with Crippen LogP contribution in [0.25, 0.3) is 11.1 Å². The summed E-state index contributed by atoms with van der Waals surface area (Å²) < 4.78 is 0. The van der Waals surface area contributed by atoms with Crippen molar-refractivity contribution in [2.45, 2.75) is 6.54 Å². The van der Waals surface area contributed by atoms with Crippen molar-refractivity contribution in [3.05, 3.63) is 94.5 Å². The molecule has 1 heterocycles. The molecule has 5 nitrogen and oxygen atoms in total. The molecule has 0 bridgehead atoms. The summed E-state index contributed by atoms with van der Waals surface area (Å²) in [7, 11) is 0. The molecule has 0 aliphatic carbocycles. The molecule has 1 aliphatic rings. The van der Waals surface area contributed by atoms with E-state index in [1.54, 1.807) is 12.1 Å². The van der Waals surface area contributed by atoms with Crippen molar-refractivity contribution in [3.8, 4) is 11.1 Å². The van der Waals surface area contributed by atoms with Gasteiger partial charge in [-0.15, -0.1) is 0 Å². The van der Waals surface area contributed by atoms with E-state index in [1.165, 1.54) is 16.7 Å². The molecule has 5 heteroatoms. The van der Waals surface area contributed by atoms with E-state index in [4.69, 9.17) is 0 Å². The lowest BCUT2D eigenvalue weighted by atomic mass is 10.0. The van der Waals surface area contributed by atoms with Gasteiger partial charge in [-0.05, 0) is 28.8 Å². The molecule has 0 radical (unpaired) electrons. The lowest BCUT2D eigenvalue weighted by molar-refractivity contribution is -0.384. The van der Waals surface area contributed by atoms with Crippen LogP contribution in [0.15, 0.2) is 78.9 Å². The van der Waals surface area contributed by atoms with E-state index in [-0.39, 0.29) is 10.6 Å². The minimum atomic E-state index is -0.356. The number of anilines is 1. The van der Waals surface area contributed by atoms with Gasteiger partial charge in [0.05, 0.1) is 4.92 Å². The summed E-state index contributed by atoms with van der Waals surface area (Å²) >= 11 is 0. The Morgan fingerprint density at radius 1 is 0.750 bits per heavy atom. The first-order chi connectivity index (χ1) is 13.7. The average Bonchev–Trinajstić information content (AvgIpc) is 2.75. The SMILES string of the molecule is O=[N+]([O-])c1ccc(N2CCN(Cc3ccc(-c4ccccc4)cc3)CC2)cc1. The quantitative estimate of drug-likeness (QED) is 0.485. The van der Waals surface area contributed by atoms with Gasteiger partial charge in [0.2, 0.25) is 0 Å². The van der Waals surface area contributed by atoms with Crippen LogP contribution in [0, 0.1) is 10.1 Å². The van der Waals surface area contributed by atoms with Gasteiger partial charge in [0, 0.05) is 50.5 Å². The third-order valence-electron chi connectivity index (χ3n) is 5.27. The summed E-state index contributed by atoms with van der Waals surface area (Å²) in [4.78, 5) is 15.2. The molecule has 4 rings (SSSR count). The van der Waals surface area contributed by atoms with E-state index in [0.29, 0.717) is 0 Å². The summed E-state index contributed by atoms with van der Waals surface area (Å²) in [5, 5.41) is 10.8. The van der Waals surface area contributed by atoms with Crippen LogP contribution in [-0.4, -0.2) is 36.0 Å². The molecule has 0 aromatic heterocycles. The van der Waals surface area contributed by atoms with Crippen LogP contribution >= 0.6 is 0 Å². The van der Waals surface area contributed by atoms with Gasteiger partial charge in [0.25, 0.3) is 5.69 Å². The van der Waals surface area contributed by atoms with E-state index in [9.17, 15) is 10.1 Å². The molecule has 0 saturated carbocycles. The maximum absolute atomic E-state index is 10.8. The average molecular weight is 373 g/mol. The van der Waals surface area contributed by atoms with E-state index < -0.39 is 0 Å². The van der Waals surface area contributed by atoms with Gasteiger partial charge in [-0.1, -0.05) is 54.6 Å². The third-order valence-corrected chi connectivity index (χ3v) is 5.27. The first-order valence-electron chi connectivity index (χ1n) is 9.55. The van der Waals surface area contributed by atoms with Crippen molar-refractivity contribution in [1.82, 2.24) is 4.90 Å². The molecule has 1 fully saturated rings. The van der Waals surface area contributed by atoms with Crippen LogP contribution in [0.2, 0.25) is 0 Å². The van der Waals surface area contributed by atoms with Crippen LogP contribution in [-0.2, 0) is 6.54 Å². The lowest BCUT2D eigenvalue weighted by Crippen LogP contribution is -2.45. The van der Waals surface area contributed by atoms with Gasteiger partial charge in [0.1, 0.15) is 0 Å². The maximum atomic E-state index is 10.8. The summed E-state index contributed by atoms with van der Waals surface area (Å²) in [5.41, 5.74) is 5.00. The minimum absolute atomic E-state index is 0.140. The number of non-ortho nitro benzene ring substituents is 1. The second-order valence-electron chi connectivity index (χ2n) is 7.10. The number of nitro groups is 1. The van der Waals surface area contributed by atoms with Gasteiger partial charge < -0.3 is 4.90 Å². The van der Waals surface area contributed by atoms with Crippen molar-refractivity contribution in [1.29, 1.82) is 0 Å². The molecule has 0 N–H and O–H groups in total. The minimum Gasteiger partial charge on any atom is -0.369 e. The fraction of sp³-hybridized carbons (Fsp3) is 0.217. The number of nitro benzene ring substituents is 1. The Labute approximate surface area is 165 Å². The molecule has 28 heavy (non-hydrogen) atoms. The lowest BCUT2D eigenvalue weighted by Gasteiger charge is -2.36. The molecule has 3 aromatic rings. The Morgan fingerprint density at radius 3 is 1.96 bits per heavy atom. The molecule has 0 amide bonds. The van der Waals surface area contributed by atoms with Crippen molar-refractivity contribution in [3.63, 3.8) is 0 Å². The summed E-state index contributed by atoms with van der Waals surface area (Å²) in [6, 6.07) is 26.1. The number of hydrogen-bond acceptors (Lipinski definition) is 4. The highest BCUT2D eigenvalue weighted by atomic mass is 16.6. The first-order valence-corrected chi connectivity index (χ1v) is 9.55. The predicted octanol–water partition coefficient (Wildman–Crippen LogP) is 4.58. The molecule has 142 valence electrons. The smallest absolute Gasteiger partial charge is 0.269 e. The molecule has 1 saturated heterocycles. The zero-order valence-corrected chi connectivity index (χ0v) is 15.7. The first kappa shape index (κ1) is 18.2. The number of rotatable bonds is 5. The number of nitrogens with zero attached hydrogens (tertiary/aromatic N) is 3. The van der Waals surface area contributed by atoms with Crippen molar-refractivity contribution >= 4 is 11.4 Å². The van der Waals surface area contributed by atoms with E-state index >= 15 is 0 Å². The van der Waals surface area contributed by atoms with Crippen LogP contribution in [0.4, 0.5) is 11.4 Å². The summed E-state index contributed by atoms with van der Waals surface area (Å²) in [6.07, 6.45) is 0. The Hall–Kier alpha value is -3.18. The predicted molar refractivity (Wildman–Crippen MR) is 112 cm³/mol. The molecule has 0 unspecified atom stereocenters. The van der Waals surface area contributed by atoms with Gasteiger partial charge >= 0.3 is 0 Å². The number of benzene rings is 3. The topological polar surface area (TPSA) is 49.6 Å². The molecular weight excluding hydrogens is 350 g/mol. The highest BCUT2D eigenvalue weighted by Crippen LogP contribution is 2.22. The van der Waals surface area contributed by atoms with E-state index in [1.807, 2.05) is 18.2 Å². The zero-order chi connectivity index (χ0) is 19.3. The van der Waals surface area contributed by atoms with Crippen LogP contribution < -0.4 is 4.90 Å². The Morgan fingerprint density at radius 2 is 1.36 bits per heavy atom. The van der Waals surface area contributed by atoms with Gasteiger partial charge in [-0.2, -0.15) is 0 Å². The third kappa shape index (κ3) is 4.21. The number of hydrogen-bond donors (Lipinski definition) is 0. The Kier molecular flexibility index (Phi) is 5.35. The highest BCUT2D eigenvalue weighted by molar-refractivity contribution is 5.63. The van der Waals surface area contributed by atoms with Crippen molar-refractivity contribution in [2.75, 3.05) is 31.1 Å². The number of piperazine rings is 1. The van der Waals surface area contributed by atoms with Crippen LogP contribution in [0.1, 0.15) is 5.56 Å². The Bertz CT molecular complexity index is 916. The zero-order valence-electron chi connectivity index (χ0n) is 15.7. The molecule has 3 aromatic carbocycles.